The van der Waals surface area contributed by atoms with Crippen molar-refractivity contribution < 1.29 is 4.39 Å². The summed E-state index contributed by atoms with van der Waals surface area (Å²) in [5.74, 6) is 2.40. The number of hydrogen-bond donors (Lipinski definition) is 1. The zero-order valence-corrected chi connectivity index (χ0v) is 10.7. The maximum Gasteiger partial charge on any atom is 0.124 e. The third-order valence-corrected chi connectivity index (χ3v) is 2.63. The third kappa shape index (κ3) is 5.29. The van der Waals surface area contributed by atoms with Gasteiger partial charge in [0.15, 0.2) is 0 Å². The Hall–Kier alpha value is -0.850. The van der Waals surface area contributed by atoms with Gasteiger partial charge in [-0.05, 0) is 43.1 Å². The molecule has 0 spiro atoms. The number of nitrogens with one attached hydrogen (secondary N) is 1. The van der Waals surface area contributed by atoms with Crippen LogP contribution >= 0.6 is 15.9 Å². The van der Waals surface area contributed by atoms with Crippen LogP contribution in [0.4, 0.5) is 4.39 Å². The smallest absolute Gasteiger partial charge is 0.124 e. The third-order valence-electron chi connectivity index (χ3n) is 2.18. The number of benzene rings is 1. The van der Waals surface area contributed by atoms with Crippen LogP contribution in [-0.4, -0.2) is 6.54 Å². The van der Waals surface area contributed by atoms with Crippen molar-refractivity contribution in [2.45, 2.75) is 25.8 Å². The molecule has 0 aliphatic heterocycles. The Kier molecular flexibility index (Phi) is 6.14. The molecule has 1 N–H and O–H groups in total. The quantitative estimate of drug-likeness (QED) is 0.623. The number of rotatable bonds is 6. The first-order valence-corrected chi connectivity index (χ1v) is 6.11. The number of hydrogen-bond acceptors (Lipinski definition) is 1. The molecule has 0 aliphatic rings. The summed E-state index contributed by atoms with van der Waals surface area (Å²) in [6.45, 7) is 1.60. The summed E-state index contributed by atoms with van der Waals surface area (Å²) in [5.41, 5.74) is 0.948. The first-order chi connectivity index (χ1) is 7.72. The molecule has 0 unspecified atom stereocenters. The van der Waals surface area contributed by atoms with Gasteiger partial charge >= 0.3 is 0 Å². The first kappa shape index (κ1) is 13.2. The van der Waals surface area contributed by atoms with E-state index in [-0.39, 0.29) is 5.82 Å². The number of halogens is 2. The maximum absolute atomic E-state index is 13.0. The van der Waals surface area contributed by atoms with Gasteiger partial charge in [0.1, 0.15) is 5.82 Å². The van der Waals surface area contributed by atoms with Crippen LogP contribution < -0.4 is 5.32 Å². The molecule has 86 valence electrons. The molecule has 16 heavy (non-hydrogen) atoms. The number of unbranched alkanes of at least 4 members (excludes halogenated alkanes) is 2. The Morgan fingerprint density at radius 2 is 2.12 bits per heavy atom. The van der Waals surface area contributed by atoms with E-state index in [0.29, 0.717) is 6.54 Å². The van der Waals surface area contributed by atoms with Crippen molar-refractivity contribution in [2.24, 2.45) is 0 Å². The van der Waals surface area contributed by atoms with Crippen LogP contribution in [0, 0.1) is 18.2 Å². The van der Waals surface area contributed by atoms with Crippen molar-refractivity contribution in [2.75, 3.05) is 6.54 Å². The van der Waals surface area contributed by atoms with E-state index in [1.54, 1.807) is 6.07 Å². The molecule has 0 amide bonds. The zero-order valence-electron chi connectivity index (χ0n) is 9.10. The second-order valence-electron chi connectivity index (χ2n) is 3.62. The lowest BCUT2D eigenvalue weighted by atomic mass is 10.2. The van der Waals surface area contributed by atoms with E-state index < -0.39 is 0 Å². The van der Waals surface area contributed by atoms with E-state index >= 15 is 0 Å². The molecular weight excluding hydrogens is 269 g/mol. The van der Waals surface area contributed by atoms with Crippen molar-refractivity contribution in [1.29, 1.82) is 0 Å². The van der Waals surface area contributed by atoms with Crippen molar-refractivity contribution in [3.63, 3.8) is 0 Å². The molecule has 0 radical (unpaired) electrons. The molecule has 1 aromatic carbocycles. The summed E-state index contributed by atoms with van der Waals surface area (Å²) < 4.78 is 13.8. The van der Waals surface area contributed by atoms with E-state index in [0.717, 1.165) is 35.8 Å². The fraction of sp³-hybridized carbons (Fsp3) is 0.385. The second kappa shape index (κ2) is 7.43. The Bertz CT molecular complexity index is 350. The topological polar surface area (TPSA) is 12.0 Å². The fourth-order valence-electron chi connectivity index (χ4n) is 1.42. The summed E-state index contributed by atoms with van der Waals surface area (Å²) in [6, 6.07) is 4.91. The van der Waals surface area contributed by atoms with E-state index in [9.17, 15) is 4.39 Å². The molecule has 3 heteroatoms. The van der Waals surface area contributed by atoms with Crippen LogP contribution in [0.1, 0.15) is 24.8 Å². The molecule has 1 nitrogen and oxygen atoms in total. The molecule has 1 rings (SSSR count). The van der Waals surface area contributed by atoms with E-state index in [1.165, 1.54) is 6.07 Å². The van der Waals surface area contributed by atoms with E-state index in [1.807, 2.05) is 6.07 Å². The highest BCUT2D eigenvalue weighted by Crippen LogP contribution is 2.14. The molecule has 0 saturated carbocycles. The highest BCUT2D eigenvalue weighted by Gasteiger charge is 1.98. The lowest BCUT2D eigenvalue weighted by Gasteiger charge is -2.05. The monoisotopic (exact) mass is 283 g/mol. The molecular formula is C13H15BrFN. The minimum Gasteiger partial charge on any atom is -0.313 e. The average Bonchev–Trinajstić information content (AvgIpc) is 2.22. The second-order valence-corrected chi connectivity index (χ2v) is 4.53. The summed E-state index contributed by atoms with van der Waals surface area (Å²) >= 11 is 3.27. The van der Waals surface area contributed by atoms with Gasteiger partial charge in [-0.15, -0.1) is 12.3 Å². The van der Waals surface area contributed by atoms with Gasteiger partial charge in [-0.25, -0.2) is 4.39 Å². The highest BCUT2D eigenvalue weighted by atomic mass is 79.9. The normalized spacial score (nSPS) is 10.1. The molecule has 0 aliphatic carbocycles. The van der Waals surface area contributed by atoms with Crippen molar-refractivity contribution in [3.05, 3.63) is 34.1 Å². The summed E-state index contributed by atoms with van der Waals surface area (Å²) in [5, 5.41) is 3.26. The Morgan fingerprint density at radius 1 is 1.31 bits per heavy atom. The largest absolute Gasteiger partial charge is 0.313 e. The number of terminal acetylenes is 1. The van der Waals surface area contributed by atoms with Crippen molar-refractivity contribution in [3.8, 4) is 12.3 Å². The van der Waals surface area contributed by atoms with Gasteiger partial charge in [-0.2, -0.15) is 0 Å². The molecule has 0 fully saturated rings. The van der Waals surface area contributed by atoms with Gasteiger partial charge in [-0.3, -0.25) is 0 Å². The van der Waals surface area contributed by atoms with Gasteiger partial charge in [0, 0.05) is 17.4 Å². The van der Waals surface area contributed by atoms with Gasteiger partial charge in [0.25, 0.3) is 0 Å². The van der Waals surface area contributed by atoms with Gasteiger partial charge in [0.2, 0.25) is 0 Å². The standard InChI is InChI=1S/C13H15BrFN/c1-2-3-4-5-6-16-10-11-7-12(14)9-13(15)8-11/h1,7-9,16H,3-6,10H2. The highest BCUT2D eigenvalue weighted by molar-refractivity contribution is 9.10. The minimum absolute atomic E-state index is 0.210. The first-order valence-electron chi connectivity index (χ1n) is 5.31. The van der Waals surface area contributed by atoms with Gasteiger partial charge < -0.3 is 5.32 Å². The maximum atomic E-state index is 13.0. The molecule has 0 atom stereocenters. The lowest BCUT2D eigenvalue weighted by Crippen LogP contribution is -2.14. The summed E-state index contributed by atoms with van der Waals surface area (Å²) in [7, 11) is 0. The van der Waals surface area contributed by atoms with Crippen molar-refractivity contribution in [1.82, 2.24) is 5.32 Å². The Morgan fingerprint density at radius 3 is 2.81 bits per heavy atom. The Labute approximate surface area is 105 Å². The van der Waals surface area contributed by atoms with Crippen LogP contribution in [-0.2, 0) is 6.54 Å². The van der Waals surface area contributed by atoms with Crippen LogP contribution in [0.15, 0.2) is 22.7 Å². The predicted octanol–water partition coefficient (Wildman–Crippen LogP) is 3.48. The van der Waals surface area contributed by atoms with E-state index in [2.05, 4.69) is 27.2 Å². The zero-order chi connectivity index (χ0) is 11.8. The molecule has 0 heterocycles. The minimum atomic E-state index is -0.210. The van der Waals surface area contributed by atoms with Crippen LogP contribution in [0.25, 0.3) is 0 Å². The molecule has 1 aromatic rings. The summed E-state index contributed by atoms with van der Waals surface area (Å²) in [4.78, 5) is 0. The van der Waals surface area contributed by atoms with Crippen LogP contribution in [0.2, 0.25) is 0 Å². The predicted molar refractivity (Wildman–Crippen MR) is 68.5 cm³/mol. The van der Waals surface area contributed by atoms with E-state index in [4.69, 9.17) is 6.42 Å². The summed E-state index contributed by atoms with van der Waals surface area (Å²) in [6.07, 6.45) is 8.07. The molecule has 0 bridgehead atoms. The fourth-order valence-corrected chi connectivity index (χ4v) is 1.94. The lowest BCUT2D eigenvalue weighted by molar-refractivity contribution is 0.610. The van der Waals surface area contributed by atoms with Gasteiger partial charge in [-0.1, -0.05) is 15.9 Å². The Balaban J connectivity index is 2.24. The van der Waals surface area contributed by atoms with Crippen LogP contribution in [0.3, 0.4) is 0 Å². The average molecular weight is 284 g/mol. The van der Waals surface area contributed by atoms with Crippen molar-refractivity contribution >= 4 is 15.9 Å². The molecule has 0 aromatic heterocycles. The molecule has 0 saturated heterocycles. The SMILES string of the molecule is C#CCCCCNCc1cc(F)cc(Br)c1. The van der Waals surface area contributed by atoms with Crippen LogP contribution in [0.5, 0.6) is 0 Å². The van der Waals surface area contributed by atoms with Gasteiger partial charge in [0.05, 0.1) is 0 Å².